The molecule has 1 aromatic heterocycles. The van der Waals surface area contributed by atoms with Gasteiger partial charge in [-0.15, -0.1) is 0 Å². The first-order chi connectivity index (χ1) is 14.0. The minimum absolute atomic E-state index is 0.156. The van der Waals surface area contributed by atoms with Gasteiger partial charge in [0.15, 0.2) is 11.5 Å². The zero-order chi connectivity index (χ0) is 20.8. The third-order valence-corrected chi connectivity index (χ3v) is 3.95. The number of amides is 1. The quantitative estimate of drug-likeness (QED) is 0.372. The zero-order valence-electron chi connectivity index (χ0n) is 15.5. The molecular weight excluding hydrogens is 399 g/mol. The molecule has 1 N–H and O–H groups in total. The van der Waals surface area contributed by atoms with Crippen LogP contribution >= 0.6 is 11.6 Å². The van der Waals surface area contributed by atoms with E-state index >= 15 is 0 Å². The molecule has 29 heavy (non-hydrogen) atoms. The normalized spacial score (nSPS) is 10.8. The van der Waals surface area contributed by atoms with Gasteiger partial charge in [0.05, 0.1) is 19.5 Å². The van der Waals surface area contributed by atoms with E-state index in [4.69, 9.17) is 21.1 Å². The van der Waals surface area contributed by atoms with Crippen molar-refractivity contribution in [2.45, 2.75) is 6.92 Å². The summed E-state index contributed by atoms with van der Waals surface area (Å²) in [7, 11) is 1.45. The molecule has 0 aliphatic carbocycles. The molecule has 0 saturated heterocycles. The molecule has 0 radical (unpaired) electrons. The number of hydrogen-bond donors (Lipinski definition) is 1. The fourth-order valence-corrected chi connectivity index (χ4v) is 2.42. The van der Waals surface area contributed by atoms with Crippen LogP contribution in [0.5, 0.6) is 17.4 Å². The summed E-state index contributed by atoms with van der Waals surface area (Å²) in [6.07, 6.45) is 2.32. The fourth-order valence-electron chi connectivity index (χ4n) is 2.30. The highest BCUT2D eigenvalue weighted by atomic mass is 35.5. The van der Waals surface area contributed by atoms with Crippen LogP contribution in [0.1, 0.15) is 21.5 Å². The summed E-state index contributed by atoms with van der Waals surface area (Å²) in [4.78, 5) is 19.3. The topological polar surface area (TPSA) is 85.7 Å². The van der Waals surface area contributed by atoms with Crippen LogP contribution in [0.15, 0.2) is 53.8 Å². The minimum Gasteiger partial charge on any atom is -0.493 e. The van der Waals surface area contributed by atoms with E-state index in [0.717, 1.165) is 11.8 Å². The van der Waals surface area contributed by atoms with Gasteiger partial charge in [-0.1, -0.05) is 17.7 Å². The first-order valence-electron chi connectivity index (χ1n) is 8.40. The standard InChI is InChI=1S/C20H16ClFN4O3/c1-12-3-6-14(7-4-12)18(27)26-24-10-13-5-8-16(28-2)17(9-13)29-19-15(22)11-23-20(21)25-19/h3-11H,1-2H3,(H,26,27). The maximum Gasteiger partial charge on any atom is 0.271 e. The number of benzene rings is 2. The van der Waals surface area contributed by atoms with Crippen LogP contribution in [-0.2, 0) is 0 Å². The molecule has 0 fully saturated rings. The van der Waals surface area contributed by atoms with Gasteiger partial charge in [-0.3, -0.25) is 4.79 Å². The number of aromatic nitrogens is 2. The van der Waals surface area contributed by atoms with E-state index in [0.29, 0.717) is 16.9 Å². The lowest BCUT2D eigenvalue weighted by Gasteiger charge is -2.10. The highest BCUT2D eigenvalue weighted by Gasteiger charge is 2.13. The van der Waals surface area contributed by atoms with Gasteiger partial charge in [-0.2, -0.15) is 14.5 Å². The number of aryl methyl sites for hydroxylation is 1. The predicted octanol–water partition coefficient (Wildman–Crippen LogP) is 4.14. The van der Waals surface area contributed by atoms with Crippen LogP contribution in [0.3, 0.4) is 0 Å². The number of halogens is 2. The lowest BCUT2D eigenvalue weighted by atomic mass is 10.1. The van der Waals surface area contributed by atoms with Crippen LogP contribution in [0, 0.1) is 12.7 Å². The highest BCUT2D eigenvalue weighted by Crippen LogP contribution is 2.32. The Bertz CT molecular complexity index is 1060. The largest absolute Gasteiger partial charge is 0.493 e. The number of nitrogens with zero attached hydrogens (tertiary/aromatic N) is 3. The van der Waals surface area contributed by atoms with Crippen molar-refractivity contribution in [3.05, 3.63) is 76.5 Å². The average Bonchev–Trinajstić information content (AvgIpc) is 2.71. The van der Waals surface area contributed by atoms with Crippen molar-refractivity contribution >= 4 is 23.7 Å². The van der Waals surface area contributed by atoms with Crippen molar-refractivity contribution in [3.63, 3.8) is 0 Å². The Morgan fingerprint density at radius 1 is 1.21 bits per heavy atom. The molecule has 1 amide bonds. The molecule has 7 nitrogen and oxygen atoms in total. The van der Waals surface area contributed by atoms with Gasteiger partial charge in [0.2, 0.25) is 11.1 Å². The third-order valence-electron chi connectivity index (χ3n) is 3.77. The van der Waals surface area contributed by atoms with Gasteiger partial charge in [0, 0.05) is 5.56 Å². The molecule has 0 unspecified atom stereocenters. The summed E-state index contributed by atoms with van der Waals surface area (Å²) in [5.41, 5.74) is 4.56. The summed E-state index contributed by atoms with van der Waals surface area (Å²) in [5, 5.41) is 3.78. The second-order valence-corrected chi connectivity index (χ2v) is 6.21. The Balaban J connectivity index is 1.75. The van der Waals surface area contributed by atoms with Crippen molar-refractivity contribution in [1.29, 1.82) is 0 Å². The summed E-state index contributed by atoms with van der Waals surface area (Å²) in [6, 6.07) is 11.9. The van der Waals surface area contributed by atoms with Crippen LogP contribution in [0.4, 0.5) is 4.39 Å². The van der Waals surface area contributed by atoms with Crippen LogP contribution in [-0.4, -0.2) is 29.2 Å². The molecule has 3 rings (SSSR count). The SMILES string of the molecule is COc1ccc(C=NNC(=O)c2ccc(C)cc2)cc1Oc1nc(Cl)ncc1F. The Kier molecular flexibility index (Phi) is 6.36. The molecule has 0 aliphatic rings. The first-order valence-corrected chi connectivity index (χ1v) is 8.78. The molecular formula is C20H16ClFN4O3. The van der Waals surface area contributed by atoms with Gasteiger partial charge in [0.1, 0.15) is 0 Å². The molecule has 1 heterocycles. The smallest absolute Gasteiger partial charge is 0.271 e. The molecule has 0 bridgehead atoms. The molecule has 3 aromatic rings. The predicted molar refractivity (Wildman–Crippen MR) is 106 cm³/mol. The lowest BCUT2D eigenvalue weighted by Crippen LogP contribution is -2.17. The molecule has 0 saturated carbocycles. The summed E-state index contributed by atoms with van der Waals surface area (Å²) < 4.78 is 24.5. The second-order valence-electron chi connectivity index (χ2n) is 5.87. The van der Waals surface area contributed by atoms with E-state index in [1.54, 1.807) is 30.3 Å². The second kappa shape index (κ2) is 9.11. The van der Waals surface area contributed by atoms with Gasteiger partial charge < -0.3 is 9.47 Å². The number of carbonyl (C=O) groups is 1. The van der Waals surface area contributed by atoms with Gasteiger partial charge in [0.25, 0.3) is 11.8 Å². The van der Waals surface area contributed by atoms with Gasteiger partial charge in [-0.25, -0.2) is 10.4 Å². The Hall–Kier alpha value is -3.52. The van der Waals surface area contributed by atoms with E-state index < -0.39 is 5.82 Å². The molecule has 9 heteroatoms. The van der Waals surface area contributed by atoms with Crippen molar-refractivity contribution in [1.82, 2.24) is 15.4 Å². The third kappa shape index (κ3) is 5.26. The molecule has 2 aromatic carbocycles. The number of hydrazone groups is 1. The summed E-state index contributed by atoms with van der Waals surface area (Å²) >= 11 is 5.68. The van der Waals surface area contributed by atoms with Gasteiger partial charge >= 0.3 is 0 Å². The monoisotopic (exact) mass is 414 g/mol. The van der Waals surface area contributed by atoms with Crippen molar-refractivity contribution < 1.29 is 18.7 Å². The van der Waals surface area contributed by atoms with Gasteiger partial charge in [-0.05, 0) is 54.4 Å². The number of carbonyl (C=O) groups excluding carboxylic acids is 1. The molecule has 0 aliphatic heterocycles. The van der Waals surface area contributed by atoms with Crippen molar-refractivity contribution in [2.24, 2.45) is 5.10 Å². The number of ether oxygens (including phenoxy) is 2. The van der Waals surface area contributed by atoms with E-state index in [1.165, 1.54) is 13.3 Å². The van der Waals surface area contributed by atoms with E-state index in [-0.39, 0.29) is 22.8 Å². The van der Waals surface area contributed by atoms with Crippen LogP contribution < -0.4 is 14.9 Å². The van der Waals surface area contributed by atoms with Crippen LogP contribution in [0.25, 0.3) is 0 Å². The maximum atomic E-state index is 13.8. The number of nitrogens with one attached hydrogen (secondary N) is 1. The molecule has 0 spiro atoms. The summed E-state index contributed by atoms with van der Waals surface area (Å²) in [5.74, 6) is -0.926. The zero-order valence-corrected chi connectivity index (χ0v) is 16.3. The number of hydrogen-bond acceptors (Lipinski definition) is 6. The Labute approximate surface area is 171 Å². The Morgan fingerprint density at radius 3 is 2.69 bits per heavy atom. The summed E-state index contributed by atoms with van der Waals surface area (Å²) in [6.45, 7) is 1.93. The van der Waals surface area contributed by atoms with E-state index in [2.05, 4.69) is 20.5 Å². The minimum atomic E-state index is -0.777. The fraction of sp³-hybridized carbons (Fsp3) is 0.100. The molecule has 0 atom stereocenters. The molecule has 148 valence electrons. The van der Waals surface area contributed by atoms with Crippen LogP contribution in [0.2, 0.25) is 5.28 Å². The van der Waals surface area contributed by atoms with Crippen molar-refractivity contribution in [3.8, 4) is 17.4 Å². The first kappa shape index (κ1) is 20.2. The highest BCUT2D eigenvalue weighted by molar-refractivity contribution is 6.28. The van der Waals surface area contributed by atoms with E-state index in [1.807, 2.05) is 19.1 Å². The number of methoxy groups -OCH3 is 1. The average molecular weight is 415 g/mol. The van der Waals surface area contributed by atoms with E-state index in [9.17, 15) is 9.18 Å². The van der Waals surface area contributed by atoms with Crippen molar-refractivity contribution in [2.75, 3.05) is 7.11 Å². The lowest BCUT2D eigenvalue weighted by molar-refractivity contribution is 0.0955. The Morgan fingerprint density at radius 2 is 1.97 bits per heavy atom. The number of rotatable bonds is 6. The maximum absolute atomic E-state index is 13.8.